The van der Waals surface area contributed by atoms with Crippen molar-refractivity contribution >= 4 is 30.4 Å². The molecule has 0 radical (unpaired) electrons. The molecule has 0 saturated heterocycles. The molecule has 0 unspecified atom stereocenters. The van der Waals surface area contributed by atoms with E-state index in [4.69, 9.17) is 14.2 Å². The predicted molar refractivity (Wildman–Crippen MR) is 120 cm³/mol. The molecule has 0 aliphatic rings. The first kappa shape index (κ1) is 25.5. The fourth-order valence-corrected chi connectivity index (χ4v) is 3.75. The van der Waals surface area contributed by atoms with Gasteiger partial charge in [0.25, 0.3) is 5.91 Å². The number of alkyl halides is 3. The maximum absolute atomic E-state index is 13.5. The number of phosphoric acid groups is 1. The van der Waals surface area contributed by atoms with Crippen molar-refractivity contribution in [3.8, 4) is 11.6 Å². The van der Waals surface area contributed by atoms with Crippen LogP contribution in [0.15, 0.2) is 46.9 Å². The third-order valence-corrected chi connectivity index (χ3v) is 5.53. The van der Waals surface area contributed by atoms with Crippen molar-refractivity contribution < 1.29 is 41.3 Å². The Bertz CT molecular complexity index is 1460. The molecule has 0 aliphatic heterocycles. The number of hydrogen-bond donors (Lipinski definition) is 3. The average Bonchev–Trinajstić information content (AvgIpc) is 3.43. The molecule has 4 rings (SSSR count). The van der Waals surface area contributed by atoms with Gasteiger partial charge in [-0.3, -0.25) is 9.32 Å². The summed E-state index contributed by atoms with van der Waals surface area (Å²) in [4.78, 5) is 30.5. The van der Waals surface area contributed by atoms with Crippen LogP contribution in [0.3, 0.4) is 0 Å². The van der Waals surface area contributed by atoms with Crippen LogP contribution in [0.4, 0.5) is 18.9 Å². The van der Waals surface area contributed by atoms with E-state index in [1.54, 1.807) is 19.1 Å². The number of rotatable bonds is 8. The highest BCUT2D eigenvalue weighted by molar-refractivity contribution is 7.46. The van der Waals surface area contributed by atoms with Crippen molar-refractivity contribution in [3.05, 3.63) is 59.2 Å². The Kier molecular flexibility index (Phi) is 6.96. The van der Waals surface area contributed by atoms with E-state index < -0.39 is 32.2 Å². The van der Waals surface area contributed by atoms with E-state index in [0.717, 1.165) is 10.7 Å². The fraction of sp³-hybridized carbons (Fsp3) is 0.238. The van der Waals surface area contributed by atoms with E-state index in [2.05, 4.69) is 25.4 Å². The topological polar surface area (TPSA) is 153 Å². The molecule has 0 spiro atoms. The lowest BCUT2D eigenvalue weighted by molar-refractivity contribution is -0.138. The van der Waals surface area contributed by atoms with Gasteiger partial charge in [0.15, 0.2) is 12.5 Å². The van der Waals surface area contributed by atoms with Crippen LogP contribution in [0.1, 0.15) is 34.8 Å². The zero-order chi connectivity index (χ0) is 26.1. The molecule has 15 heteroatoms. The molecule has 0 saturated carbocycles. The summed E-state index contributed by atoms with van der Waals surface area (Å²) >= 11 is 0. The minimum atomic E-state index is -4.77. The Balaban J connectivity index is 1.57. The maximum atomic E-state index is 13.5. The molecule has 11 nitrogen and oxygen atoms in total. The van der Waals surface area contributed by atoms with Gasteiger partial charge in [0.05, 0.1) is 5.56 Å². The SMILES string of the molecule is CCCc1ccc(NC(=O)c2ccc3cc(-c4nnnn4COP(=O)(O)O)oc3c2)cc1C(F)(F)F. The molecule has 2 aromatic heterocycles. The third kappa shape index (κ3) is 5.79. The summed E-state index contributed by atoms with van der Waals surface area (Å²) in [5.41, 5.74) is -0.275. The van der Waals surface area contributed by atoms with Gasteiger partial charge in [-0.05, 0) is 52.7 Å². The largest absolute Gasteiger partial charge is 0.471 e. The van der Waals surface area contributed by atoms with Gasteiger partial charge in [-0.1, -0.05) is 25.5 Å². The van der Waals surface area contributed by atoms with Crippen LogP contribution in [0.5, 0.6) is 0 Å². The smallest absolute Gasteiger partial charge is 0.453 e. The fourth-order valence-electron chi connectivity index (χ4n) is 3.49. The second kappa shape index (κ2) is 9.82. The van der Waals surface area contributed by atoms with Gasteiger partial charge in [-0.2, -0.15) is 17.9 Å². The van der Waals surface area contributed by atoms with Crippen molar-refractivity contribution in [2.75, 3.05) is 5.32 Å². The van der Waals surface area contributed by atoms with E-state index >= 15 is 0 Å². The van der Waals surface area contributed by atoms with Gasteiger partial charge < -0.3 is 19.5 Å². The number of halogens is 3. The minimum absolute atomic E-state index is 0.00311. The second-order valence-electron chi connectivity index (χ2n) is 7.69. The van der Waals surface area contributed by atoms with Crippen molar-refractivity contribution in [1.82, 2.24) is 20.2 Å². The van der Waals surface area contributed by atoms with Crippen LogP contribution in [0.2, 0.25) is 0 Å². The Morgan fingerprint density at radius 2 is 1.97 bits per heavy atom. The lowest BCUT2D eigenvalue weighted by Crippen LogP contribution is -2.14. The van der Waals surface area contributed by atoms with E-state index in [-0.39, 0.29) is 40.4 Å². The zero-order valence-corrected chi connectivity index (χ0v) is 19.5. The number of carbonyl (C=O) groups excluding carboxylic acids is 1. The Morgan fingerprint density at radius 3 is 2.67 bits per heavy atom. The van der Waals surface area contributed by atoms with Crippen LogP contribution in [0.25, 0.3) is 22.6 Å². The number of nitrogens with one attached hydrogen (secondary N) is 1. The standard InChI is InChI=1S/C21H19F3N5O6P/c1-2-3-12-6-7-15(10-16(12)21(22,23)24)25-20(30)14-5-4-13-8-18(35-17(13)9-14)19-26-27-28-29(19)11-34-36(31,32)33/h4-10H,2-3,11H2,1H3,(H,25,30)(H2,31,32,33). The van der Waals surface area contributed by atoms with E-state index in [1.165, 1.54) is 24.3 Å². The first-order chi connectivity index (χ1) is 16.9. The first-order valence-electron chi connectivity index (χ1n) is 10.5. The van der Waals surface area contributed by atoms with Gasteiger partial charge in [0.2, 0.25) is 5.82 Å². The average molecular weight is 525 g/mol. The van der Waals surface area contributed by atoms with Gasteiger partial charge in [-0.15, -0.1) is 5.10 Å². The van der Waals surface area contributed by atoms with Crippen molar-refractivity contribution in [1.29, 1.82) is 0 Å². The Labute approximate surface area is 201 Å². The van der Waals surface area contributed by atoms with Gasteiger partial charge in [0.1, 0.15) is 5.58 Å². The highest BCUT2D eigenvalue weighted by Gasteiger charge is 2.33. The van der Waals surface area contributed by atoms with Crippen LogP contribution in [-0.2, 0) is 28.4 Å². The molecule has 0 atom stereocenters. The van der Waals surface area contributed by atoms with E-state index in [0.29, 0.717) is 11.8 Å². The van der Waals surface area contributed by atoms with Gasteiger partial charge >= 0.3 is 14.0 Å². The zero-order valence-electron chi connectivity index (χ0n) is 18.6. The molecule has 4 aromatic rings. The molecule has 3 N–H and O–H groups in total. The maximum Gasteiger partial charge on any atom is 0.471 e. The quantitative estimate of drug-likeness (QED) is 0.285. The summed E-state index contributed by atoms with van der Waals surface area (Å²) in [6, 6.07) is 9.64. The second-order valence-corrected chi connectivity index (χ2v) is 8.93. The number of benzene rings is 2. The molecule has 2 heterocycles. The molecular formula is C21H19F3N5O6P. The molecule has 36 heavy (non-hydrogen) atoms. The van der Waals surface area contributed by atoms with E-state index in [1.807, 2.05) is 0 Å². The summed E-state index contributed by atoms with van der Waals surface area (Å²) < 4.78 is 62.3. The summed E-state index contributed by atoms with van der Waals surface area (Å²) in [6.07, 6.45) is -3.75. The molecule has 0 aliphatic carbocycles. The monoisotopic (exact) mass is 525 g/mol. The number of furan rings is 1. The number of aryl methyl sites for hydroxylation is 1. The lowest BCUT2D eigenvalue weighted by atomic mass is 10.0. The number of aromatic nitrogens is 4. The highest BCUT2D eigenvalue weighted by Crippen LogP contribution is 2.37. The number of phosphoric ester groups is 1. The summed E-state index contributed by atoms with van der Waals surface area (Å²) in [6.45, 7) is 1.14. The lowest BCUT2D eigenvalue weighted by Gasteiger charge is -2.14. The molecule has 0 fully saturated rings. The Morgan fingerprint density at radius 1 is 1.19 bits per heavy atom. The number of amides is 1. The Hall–Kier alpha value is -3.58. The number of hydrogen-bond acceptors (Lipinski definition) is 7. The van der Waals surface area contributed by atoms with E-state index in [9.17, 15) is 22.5 Å². The highest BCUT2D eigenvalue weighted by atomic mass is 31.2. The number of anilines is 1. The molecular weight excluding hydrogens is 506 g/mol. The number of nitrogens with zero attached hydrogens (tertiary/aromatic N) is 4. The van der Waals surface area contributed by atoms with Crippen molar-refractivity contribution in [2.24, 2.45) is 0 Å². The van der Waals surface area contributed by atoms with Crippen LogP contribution in [0, 0.1) is 0 Å². The molecule has 0 bridgehead atoms. The number of tetrazole rings is 1. The molecule has 190 valence electrons. The van der Waals surface area contributed by atoms with Crippen LogP contribution >= 0.6 is 7.82 Å². The van der Waals surface area contributed by atoms with Crippen molar-refractivity contribution in [3.63, 3.8) is 0 Å². The van der Waals surface area contributed by atoms with Crippen molar-refractivity contribution in [2.45, 2.75) is 32.7 Å². The normalized spacial score (nSPS) is 12.3. The van der Waals surface area contributed by atoms with Crippen LogP contribution < -0.4 is 5.32 Å². The van der Waals surface area contributed by atoms with Crippen LogP contribution in [-0.4, -0.2) is 35.9 Å². The number of fused-ring (bicyclic) bond motifs is 1. The molecule has 2 aromatic carbocycles. The third-order valence-electron chi connectivity index (χ3n) is 5.08. The summed E-state index contributed by atoms with van der Waals surface area (Å²) in [5, 5.41) is 13.8. The number of carbonyl (C=O) groups is 1. The van der Waals surface area contributed by atoms with Gasteiger partial charge in [0, 0.05) is 16.6 Å². The predicted octanol–water partition coefficient (Wildman–Crippen LogP) is 4.38. The first-order valence-corrected chi connectivity index (χ1v) is 12.0. The van der Waals surface area contributed by atoms with Gasteiger partial charge in [-0.25, -0.2) is 4.57 Å². The minimum Gasteiger partial charge on any atom is -0.453 e. The summed E-state index contributed by atoms with van der Waals surface area (Å²) in [5.74, 6) is -0.508. The molecule has 1 amide bonds. The summed E-state index contributed by atoms with van der Waals surface area (Å²) in [7, 11) is -4.77.